The van der Waals surface area contributed by atoms with Gasteiger partial charge in [0, 0.05) is 31.0 Å². The van der Waals surface area contributed by atoms with E-state index in [9.17, 15) is 0 Å². The number of halogens is 1. The molecule has 0 saturated heterocycles. The maximum Gasteiger partial charge on any atom is 0.155 e. The quantitative estimate of drug-likeness (QED) is 0.348. The number of rotatable bonds is 6. The molecule has 0 aliphatic heterocycles. The van der Waals surface area contributed by atoms with Crippen molar-refractivity contribution in [3.63, 3.8) is 0 Å². The van der Waals surface area contributed by atoms with Gasteiger partial charge in [-0.25, -0.2) is 9.97 Å². The van der Waals surface area contributed by atoms with Crippen molar-refractivity contribution in [2.45, 2.75) is 44.3 Å². The number of ether oxygens (including phenoxy) is 2. The molecule has 2 heterocycles. The van der Waals surface area contributed by atoms with E-state index in [0.717, 1.165) is 59.6 Å². The molecule has 2 aromatic heterocycles. The average Bonchev–Trinajstić information content (AvgIpc) is 3.25. The van der Waals surface area contributed by atoms with Crippen molar-refractivity contribution in [1.29, 1.82) is 0 Å². The van der Waals surface area contributed by atoms with Crippen LogP contribution in [0.4, 0.5) is 0 Å². The van der Waals surface area contributed by atoms with E-state index in [2.05, 4.69) is 21.5 Å². The van der Waals surface area contributed by atoms with Crippen LogP contribution in [0.5, 0.6) is 5.75 Å². The summed E-state index contributed by atoms with van der Waals surface area (Å²) in [4.78, 5) is 9.43. The smallest absolute Gasteiger partial charge is 0.155 e. The predicted octanol–water partition coefficient (Wildman–Crippen LogP) is 6.30. The van der Waals surface area contributed by atoms with Crippen LogP contribution in [0.25, 0.3) is 16.8 Å². The molecule has 5 rings (SSSR count). The van der Waals surface area contributed by atoms with Crippen LogP contribution in [0.15, 0.2) is 67.0 Å². The SMILES string of the molecule is COC1CCC(c2nc(-c3cccc(OCc4ccccc4)c3)c3c(Cl)nccn23)CC1. The first-order valence-corrected chi connectivity index (χ1v) is 11.4. The van der Waals surface area contributed by atoms with Gasteiger partial charge in [-0.3, -0.25) is 4.40 Å². The molecule has 164 valence electrons. The number of aromatic nitrogens is 3. The molecule has 0 spiro atoms. The molecule has 0 bridgehead atoms. The summed E-state index contributed by atoms with van der Waals surface area (Å²) >= 11 is 6.57. The van der Waals surface area contributed by atoms with Gasteiger partial charge in [0.15, 0.2) is 5.15 Å². The summed E-state index contributed by atoms with van der Waals surface area (Å²) in [6, 6.07) is 18.2. The predicted molar refractivity (Wildman–Crippen MR) is 126 cm³/mol. The normalized spacial score (nSPS) is 18.7. The second-order valence-electron chi connectivity index (χ2n) is 8.27. The van der Waals surface area contributed by atoms with E-state index in [-0.39, 0.29) is 0 Å². The highest BCUT2D eigenvalue weighted by atomic mass is 35.5. The van der Waals surface area contributed by atoms with Gasteiger partial charge in [-0.2, -0.15) is 0 Å². The van der Waals surface area contributed by atoms with Crippen LogP contribution in [-0.4, -0.2) is 27.6 Å². The summed E-state index contributed by atoms with van der Waals surface area (Å²) in [5.41, 5.74) is 3.79. The van der Waals surface area contributed by atoms with Gasteiger partial charge in [-0.15, -0.1) is 0 Å². The standard InChI is InChI=1S/C26H26ClN3O2/c1-31-21-12-10-19(11-13-21)26-29-23(24-25(27)28-14-15-30(24)26)20-8-5-9-22(16-20)32-17-18-6-3-2-4-7-18/h2-9,14-16,19,21H,10-13,17H2,1H3. The monoisotopic (exact) mass is 447 g/mol. The molecule has 0 amide bonds. The Kier molecular flexibility index (Phi) is 6.10. The summed E-state index contributed by atoms with van der Waals surface area (Å²) < 4.78 is 13.7. The van der Waals surface area contributed by atoms with Gasteiger partial charge in [0.05, 0.1) is 11.8 Å². The van der Waals surface area contributed by atoms with Crippen LogP contribution in [-0.2, 0) is 11.3 Å². The third-order valence-corrected chi connectivity index (χ3v) is 6.54. The highest BCUT2D eigenvalue weighted by Gasteiger charge is 2.27. The van der Waals surface area contributed by atoms with Crippen LogP contribution in [0.3, 0.4) is 0 Å². The average molecular weight is 448 g/mol. The van der Waals surface area contributed by atoms with Crippen LogP contribution in [0.1, 0.15) is 43.0 Å². The molecule has 0 unspecified atom stereocenters. The summed E-state index contributed by atoms with van der Waals surface area (Å²) in [7, 11) is 1.80. The van der Waals surface area contributed by atoms with Crippen molar-refractivity contribution in [3.05, 3.63) is 83.5 Å². The van der Waals surface area contributed by atoms with Crippen molar-refractivity contribution < 1.29 is 9.47 Å². The number of benzene rings is 2. The van der Waals surface area contributed by atoms with Crippen molar-refractivity contribution in [2.24, 2.45) is 0 Å². The molecule has 0 radical (unpaired) electrons. The van der Waals surface area contributed by atoms with Crippen LogP contribution in [0.2, 0.25) is 5.15 Å². The second-order valence-corrected chi connectivity index (χ2v) is 8.62. The largest absolute Gasteiger partial charge is 0.489 e. The molecular formula is C26H26ClN3O2. The molecule has 4 aromatic rings. The van der Waals surface area contributed by atoms with Gasteiger partial charge in [-0.05, 0) is 43.4 Å². The minimum Gasteiger partial charge on any atom is -0.489 e. The molecule has 0 atom stereocenters. The summed E-state index contributed by atoms with van der Waals surface area (Å²) in [5.74, 6) is 2.22. The van der Waals surface area contributed by atoms with Crippen molar-refractivity contribution in [1.82, 2.24) is 14.4 Å². The van der Waals surface area contributed by atoms with E-state index in [0.29, 0.717) is 23.8 Å². The zero-order valence-electron chi connectivity index (χ0n) is 18.1. The number of methoxy groups -OCH3 is 1. The molecule has 5 nitrogen and oxygen atoms in total. The second kappa shape index (κ2) is 9.31. The number of hydrogen-bond donors (Lipinski definition) is 0. The fourth-order valence-electron chi connectivity index (χ4n) is 4.54. The molecule has 1 saturated carbocycles. The van der Waals surface area contributed by atoms with Gasteiger partial charge >= 0.3 is 0 Å². The van der Waals surface area contributed by atoms with E-state index in [4.69, 9.17) is 26.1 Å². The van der Waals surface area contributed by atoms with Gasteiger partial charge in [-0.1, -0.05) is 54.1 Å². The van der Waals surface area contributed by atoms with Gasteiger partial charge in [0.2, 0.25) is 0 Å². The Hall–Kier alpha value is -2.89. The summed E-state index contributed by atoms with van der Waals surface area (Å²) in [5, 5.41) is 0.461. The summed E-state index contributed by atoms with van der Waals surface area (Å²) in [6.07, 6.45) is 8.25. The number of hydrogen-bond acceptors (Lipinski definition) is 4. The third-order valence-electron chi connectivity index (χ3n) is 6.27. The van der Waals surface area contributed by atoms with Crippen molar-refractivity contribution >= 4 is 17.1 Å². The molecule has 2 aromatic carbocycles. The lowest BCUT2D eigenvalue weighted by Gasteiger charge is -2.26. The lowest BCUT2D eigenvalue weighted by atomic mass is 9.87. The van der Waals surface area contributed by atoms with Crippen LogP contribution >= 0.6 is 11.6 Å². The first-order valence-electron chi connectivity index (χ1n) is 11.1. The van der Waals surface area contributed by atoms with Gasteiger partial charge in [0.25, 0.3) is 0 Å². The summed E-state index contributed by atoms with van der Waals surface area (Å²) in [6.45, 7) is 0.518. The Bertz CT molecular complexity index is 1200. The van der Waals surface area contributed by atoms with E-state index in [1.807, 2.05) is 48.7 Å². The first kappa shape index (κ1) is 21.0. The fraction of sp³-hybridized carbons (Fsp3) is 0.308. The van der Waals surface area contributed by atoms with Crippen LogP contribution in [0, 0.1) is 0 Å². The van der Waals surface area contributed by atoms with E-state index in [1.54, 1.807) is 13.3 Å². The van der Waals surface area contributed by atoms with E-state index >= 15 is 0 Å². The van der Waals surface area contributed by atoms with Crippen molar-refractivity contribution in [3.8, 4) is 17.0 Å². The molecule has 1 aliphatic carbocycles. The first-order chi connectivity index (χ1) is 15.7. The maximum absolute atomic E-state index is 6.57. The molecule has 6 heteroatoms. The number of imidazole rings is 1. The van der Waals surface area contributed by atoms with Gasteiger partial charge < -0.3 is 9.47 Å². The highest BCUT2D eigenvalue weighted by Crippen LogP contribution is 2.38. The zero-order chi connectivity index (χ0) is 21.9. The molecular weight excluding hydrogens is 422 g/mol. The lowest BCUT2D eigenvalue weighted by molar-refractivity contribution is 0.0650. The minimum atomic E-state index is 0.348. The number of nitrogens with zero attached hydrogens (tertiary/aromatic N) is 3. The third kappa shape index (κ3) is 4.23. The lowest BCUT2D eigenvalue weighted by Crippen LogP contribution is -2.20. The molecule has 0 N–H and O–H groups in total. The Morgan fingerprint density at radius 2 is 1.84 bits per heavy atom. The topological polar surface area (TPSA) is 48.7 Å². The Morgan fingerprint density at radius 3 is 2.62 bits per heavy atom. The molecule has 1 fully saturated rings. The molecule has 1 aliphatic rings. The molecule has 32 heavy (non-hydrogen) atoms. The zero-order valence-corrected chi connectivity index (χ0v) is 18.8. The highest BCUT2D eigenvalue weighted by molar-refractivity contribution is 6.33. The fourth-order valence-corrected chi connectivity index (χ4v) is 4.78. The number of fused-ring (bicyclic) bond motifs is 1. The maximum atomic E-state index is 6.57. The Labute approximate surface area is 193 Å². The van der Waals surface area contributed by atoms with Gasteiger partial charge in [0.1, 0.15) is 23.7 Å². The van der Waals surface area contributed by atoms with E-state index < -0.39 is 0 Å². The Morgan fingerprint density at radius 1 is 1.03 bits per heavy atom. The minimum absolute atomic E-state index is 0.348. The Balaban J connectivity index is 1.48. The van der Waals surface area contributed by atoms with E-state index in [1.165, 1.54) is 0 Å². The van der Waals surface area contributed by atoms with Crippen molar-refractivity contribution in [2.75, 3.05) is 7.11 Å². The van der Waals surface area contributed by atoms with Crippen LogP contribution < -0.4 is 4.74 Å².